The van der Waals surface area contributed by atoms with E-state index in [1.165, 1.54) is 17.2 Å². The molecule has 5 nitrogen and oxygen atoms in total. The summed E-state index contributed by atoms with van der Waals surface area (Å²) in [7, 11) is 1.73. The second-order valence-electron chi connectivity index (χ2n) is 9.98. The number of hydrogen-bond donors (Lipinski definition) is 4. The molecule has 6 atom stereocenters. The number of ether oxygens (including phenoxy) is 1. The fourth-order valence-electron chi connectivity index (χ4n) is 6.86. The maximum Gasteiger partial charge on any atom is 0.161 e. The van der Waals surface area contributed by atoms with E-state index in [4.69, 9.17) is 4.74 Å². The highest BCUT2D eigenvalue weighted by Crippen LogP contribution is 2.61. The second-order valence-corrected chi connectivity index (χ2v) is 9.98. The number of aryl methyl sites for hydroxylation is 1. The van der Waals surface area contributed by atoms with Crippen molar-refractivity contribution >= 4 is 0 Å². The predicted octanol–water partition coefficient (Wildman–Crippen LogP) is 4.09. The Kier molecular flexibility index (Phi) is 5.14. The second kappa shape index (κ2) is 7.72. The van der Waals surface area contributed by atoms with Crippen LogP contribution in [0.3, 0.4) is 0 Å². The summed E-state index contributed by atoms with van der Waals surface area (Å²) in [6.07, 6.45) is 4.93. The van der Waals surface area contributed by atoms with Crippen LogP contribution in [0.2, 0.25) is 0 Å². The average molecular weight is 424 g/mol. The third-order valence-corrected chi connectivity index (χ3v) is 8.59. The molecular formula is C26H33NO4. The van der Waals surface area contributed by atoms with Gasteiger partial charge >= 0.3 is 0 Å². The number of aromatic hydroxyl groups is 2. The van der Waals surface area contributed by atoms with Crippen molar-refractivity contribution in [2.24, 2.45) is 17.3 Å². The third-order valence-electron chi connectivity index (χ3n) is 8.59. The number of aliphatic hydroxyl groups excluding tert-OH is 1. The molecule has 0 spiro atoms. The normalized spacial score (nSPS) is 34.0. The quantitative estimate of drug-likeness (QED) is 0.557. The summed E-state index contributed by atoms with van der Waals surface area (Å²) < 4.78 is 5.43. The molecule has 0 aromatic heterocycles. The Balaban J connectivity index is 1.35. The minimum Gasteiger partial charge on any atom is -0.504 e. The number of methoxy groups -OCH3 is 1. The molecule has 2 saturated carbocycles. The van der Waals surface area contributed by atoms with Crippen molar-refractivity contribution in [2.45, 2.75) is 63.6 Å². The Morgan fingerprint density at radius 1 is 1.16 bits per heavy atom. The van der Waals surface area contributed by atoms with E-state index in [2.05, 4.69) is 30.4 Å². The maximum atomic E-state index is 11.3. The molecule has 166 valence electrons. The van der Waals surface area contributed by atoms with Gasteiger partial charge in [-0.25, -0.2) is 0 Å². The molecule has 4 N–H and O–H groups in total. The van der Waals surface area contributed by atoms with E-state index >= 15 is 0 Å². The monoisotopic (exact) mass is 423 g/mol. The minimum absolute atomic E-state index is 0.00670. The Labute approximate surface area is 184 Å². The van der Waals surface area contributed by atoms with E-state index in [0.717, 1.165) is 37.9 Å². The van der Waals surface area contributed by atoms with E-state index in [-0.39, 0.29) is 23.0 Å². The Morgan fingerprint density at radius 3 is 2.81 bits per heavy atom. The molecule has 2 aromatic carbocycles. The zero-order chi connectivity index (χ0) is 21.8. The summed E-state index contributed by atoms with van der Waals surface area (Å²) in [5.41, 5.74) is 3.49. The van der Waals surface area contributed by atoms with Gasteiger partial charge in [0, 0.05) is 18.2 Å². The van der Waals surface area contributed by atoms with Crippen LogP contribution in [0.1, 0.15) is 55.2 Å². The summed E-state index contributed by atoms with van der Waals surface area (Å²) in [5, 5.41) is 34.7. The van der Waals surface area contributed by atoms with E-state index in [1.807, 2.05) is 0 Å². The number of benzene rings is 2. The molecule has 0 bridgehead atoms. The summed E-state index contributed by atoms with van der Waals surface area (Å²) in [5.74, 6) is 2.39. The highest BCUT2D eigenvalue weighted by Gasteiger charge is 2.57. The summed E-state index contributed by atoms with van der Waals surface area (Å²) in [4.78, 5) is 0. The molecule has 31 heavy (non-hydrogen) atoms. The number of aliphatic hydroxyl groups is 1. The van der Waals surface area contributed by atoms with Gasteiger partial charge in [-0.1, -0.05) is 25.1 Å². The summed E-state index contributed by atoms with van der Waals surface area (Å²) in [6, 6.07) is 11.6. The van der Waals surface area contributed by atoms with Crippen molar-refractivity contribution in [2.75, 3.05) is 7.11 Å². The van der Waals surface area contributed by atoms with Crippen LogP contribution in [0.4, 0.5) is 0 Å². The van der Waals surface area contributed by atoms with E-state index in [9.17, 15) is 15.3 Å². The number of phenolic OH excluding ortho intramolecular Hbond substituents is 2. The molecule has 0 saturated heterocycles. The molecular weight excluding hydrogens is 390 g/mol. The Bertz CT molecular complexity index is 976. The number of rotatable bonds is 4. The fraction of sp³-hybridized carbons (Fsp3) is 0.538. The van der Waals surface area contributed by atoms with Gasteiger partial charge in [0.05, 0.1) is 13.2 Å². The predicted molar refractivity (Wildman–Crippen MR) is 119 cm³/mol. The smallest absolute Gasteiger partial charge is 0.161 e. The van der Waals surface area contributed by atoms with Gasteiger partial charge in [-0.05, 0) is 84.6 Å². The highest BCUT2D eigenvalue weighted by atomic mass is 16.5. The number of hydrogen-bond acceptors (Lipinski definition) is 5. The molecule has 3 aliphatic carbocycles. The van der Waals surface area contributed by atoms with Crippen molar-refractivity contribution in [3.63, 3.8) is 0 Å². The molecule has 5 heteroatoms. The molecule has 0 aliphatic heterocycles. The van der Waals surface area contributed by atoms with Gasteiger partial charge in [0.2, 0.25) is 0 Å². The zero-order valence-electron chi connectivity index (χ0n) is 18.3. The molecule has 0 amide bonds. The van der Waals surface area contributed by atoms with Crippen LogP contribution >= 0.6 is 0 Å². The minimum atomic E-state index is -0.407. The number of nitrogens with one attached hydrogen (secondary N) is 1. The standard InChI is InChI=1S/C26H33NO4/c1-26-11-10-19-18-9-7-17(31-2)12-15(18)6-8-20(19)21(26)13-22(25(26)30)27-14-16-4-3-5-23(28)24(16)29/h3-5,7,9,12,19-22,25,27-30H,6,8,10-11,13-14H2,1-2H3/t19-,20-,21+,22-,25+,26+/m1/s1. The van der Waals surface area contributed by atoms with E-state index in [0.29, 0.717) is 29.9 Å². The summed E-state index contributed by atoms with van der Waals surface area (Å²) >= 11 is 0. The van der Waals surface area contributed by atoms with Crippen molar-refractivity contribution in [3.05, 3.63) is 53.1 Å². The van der Waals surface area contributed by atoms with Crippen LogP contribution < -0.4 is 10.1 Å². The molecule has 2 fully saturated rings. The lowest BCUT2D eigenvalue weighted by Gasteiger charge is -2.50. The van der Waals surface area contributed by atoms with Gasteiger partial charge in [-0.3, -0.25) is 0 Å². The lowest BCUT2D eigenvalue weighted by molar-refractivity contribution is -0.0281. The largest absolute Gasteiger partial charge is 0.504 e. The van der Waals surface area contributed by atoms with Crippen LogP contribution in [-0.4, -0.2) is 34.6 Å². The van der Waals surface area contributed by atoms with E-state index in [1.54, 1.807) is 19.2 Å². The SMILES string of the molecule is COc1ccc2c(c1)CC[C@@H]1[C@@H]2CC[C@]2(C)[C@@H](O)[C@H](NCc3cccc(O)c3O)C[C@@H]12. The van der Waals surface area contributed by atoms with Crippen LogP contribution in [0, 0.1) is 17.3 Å². The third kappa shape index (κ3) is 3.30. The van der Waals surface area contributed by atoms with Crippen molar-refractivity contribution in [1.82, 2.24) is 5.32 Å². The van der Waals surface area contributed by atoms with Gasteiger partial charge in [0.15, 0.2) is 11.5 Å². The lowest BCUT2D eigenvalue weighted by Crippen LogP contribution is -2.46. The topological polar surface area (TPSA) is 82.0 Å². The molecule has 2 aromatic rings. The molecule has 5 rings (SSSR count). The number of para-hydroxylation sites is 1. The van der Waals surface area contributed by atoms with Gasteiger partial charge in [-0.2, -0.15) is 0 Å². The van der Waals surface area contributed by atoms with Crippen LogP contribution in [0.25, 0.3) is 0 Å². The van der Waals surface area contributed by atoms with Crippen LogP contribution in [-0.2, 0) is 13.0 Å². The fourth-order valence-corrected chi connectivity index (χ4v) is 6.86. The van der Waals surface area contributed by atoms with Gasteiger partial charge in [0.25, 0.3) is 0 Å². The molecule has 0 radical (unpaired) electrons. The Hall–Kier alpha value is -2.24. The van der Waals surface area contributed by atoms with Crippen molar-refractivity contribution in [1.29, 1.82) is 0 Å². The Morgan fingerprint density at radius 2 is 2.00 bits per heavy atom. The number of phenols is 2. The van der Waals surface area contributed by atoms with Crippen molar-refractivity contribution < 1.29 is 20.1 Å². The first-order valence-corrected chi connectivity index (χ1v) is 11.5. The molecule has 0 unspecified atom stereocenters. The van der Waals surface area contributed by atoms with Crippen molar-refractivity contribution in [3.8, 4) is 17.2 Å². The van der Waals surface area contributed by atoms with Gasteiger partial charge in [0.1, 0.15) is 5.75 Å². The summed E-state index contributed by atoms with van der Waals surface area (Å²) in [6.45, 7) is 2.71. The molecule has 3 aliphatic rings. The first kappa shape index (κ1) is 20.7. The van der Waals surface area contributed by atoms with Gasteiger partial charge in [-0.15, -0.1) is 0 Å². The lowest BCUT2D eigenvalue weighted by atomic mass is 9.55. The first-order valence-electron chi connectivity index (χ1n) is 11.5. The van der Waals surface area contributed by atoms with E-state index < -0.39 is 6.10 Å². The van der Waals surface area contributed by atoms with Crippen LogP contribution in [0.5, 0.6) is 17.2 Å². The first-order chi connectivity index (χ1) is 14.9. The highest BCUT2D eigenvalue weighted by molar-refractivity contribution is 5.44. The van der Waals surface area contributed by atoms with Crippen LogP contribution in [0.15, 0.2) is 36.4 Å². The average Bonchev–Trinajstić information content (AvgIpc) is 3.04. The number of fused-ring (bicyclic) bond motifs is 5. The molecule has 0 heterocycles. The maximum absolute atomic E-state index is 11.3. The van der Waals surface area contributed by atoms with Gasteiger partial charge < -0.3 is 25.4 Å². The zero-order valence-corrected chi connectivity index (χ0v) is 18.3.